The van der Waals surface area contributed by atoms with Gasteiger partial charge in [-0.25, -0.2) is 0 Å². The second-order valence-corrected chi connectivity index (χ2v) is 4.42. The molecule has 0 aliphatic heterocycles. The van der Waals surface area contributed by atoms with Crippen LogP contribution in [0, 0.1) is 11.3 Å². The van der Waals surface area contributed by atoms with Gasteiger partial charge in [0.1, 0.15) is 0 Å². The Balaban J connectivity index is 4.01. The summed E-state index contributed by atoms with van der Waals surface area (Å²) in [4.78, 5) is 0. The molecule has 0 aliphatic carbocycles. The number of rotatable bonds is 5. The molecule has 0 aromatic heterocycles. The van der Waals surface area contributed by atoms with Crippen molar-refractivity contribution in [1.29, 1.82) is 0 Å². The van der Waals surface area contributed by atoms with Crippen molar-refractivity contribution >= 4 is 0 Å². The van der Waals surface area contributed by atoms with E-state index in [0.29, 0.717) is 5.41 Å². The average molecular weight is 168 g/mol. The zero-order valence-electron chi connectivity index (χ0n) is 9.35. The maximum absolute atomic E-state index is 2.36. The van der Waals surface area contributed by atoms with E-state index in [4.69, 9.17) is 0 Å². The van der Waals surface area contributed by atoms with Crippen LogP contribution >= 0.6 is 0 Å². The van der Waals surface area contributed by atoms with Crippen molar-refractivity contribution in [3.05, 3.63) is 12.2 Å². The molecule has 1 atom stereocenters. The highest BCUT2D eigenvalue weighted by atomic mass is 14.2. The average Bonchev–Trinajstić information content (AvgIpc) is 2.03. The largest absolute Gasteiger partial charge is 0.0914 e. The SMILES string of the molecule is C/C=C/C(CC)CC(C)(C)CC. The Morgan fingerprint density at radius 3 is 2.17 bits per heavy atom. The van der Waals surface area contributed by atoms with E-state index >= 15 is 0 Å². The van der Waals surface area contributed by atoms with Crippen molar-refractivity contribution in [1.82, 2.24) is 0 Å². The fourth-order valence-electron chi connectivity index (χ4n) is 1.47. The second kappa shape index (κ2) is 5.40. The van der Waals surface area contributed by atoms with Gasteiger partial charge in [-0.3, -0.25) is 0 Å². The van der Waals surface area contributed by atoms with E-state index in [1.807, 2.05) is 0 Å². The lowest BCUT2D eigenvalue weighted by Gasteiger charge is -2.26. The van der Waals surface area contributed by atoms with E-state index in [9.17, 15) is 0 Å². The standard InChI is InChI=1S/C12H24/c1-6-9-11(7-2)10-12(4,5)8-3/h6,9,11H,7-8,10H2,1-5H3/b9-6+. The number of allylic oxidation sites excluding steroid dienone is 2. The summed E-state index contributed by atoms with van der Waals surface area (Å²) in [7, 11) is 0. The van der Waals surface area contributed by atoms with Crippen molar-refractivity contribution in [3.8, 4) is 0 Å². The van der Waals surface area contributed by atoms with E-state index in [-0.39, 0.29) is 0 Å². The predicted molar refractivity (Wildman–Crippen MR) is 57.3 cm³/mol. The summed E-state index contributed by atoms with van der Waals surface area (Å²) in [5, 5.41) is 0. The predicted octanol–water partition coefficient (Wildman–Crippen LogP) is 4.42. The molecule has 0 aromatic carbocycles. The van der Waals surface area contributed by atoms with Gasteiger partial charge in [-0.15, -0.1) is 0 Å². The lowest BCUT2D eigenvalue weighted by atomic mass is 9.80. The Morgan fingerprint density at radius 1 is 1.25 bits per heavy atom. The first-order valence-electron chi connectivity index (χ1n) is 5.18. The van der Waals surface area contributed by atoms with Crippen LogP contribution in [0.25, 0.3) is 0 Å². The maximum atomic E-state index is 2.36. The Kier molecular flexibility index (Phi) is 5.28. The van der Waals surface area contributed by atoms with Crippen molar-refractivity contribution < 1.29 is 0 Å². The van der Waals surface area contributed by atoms with Gasteiger partial charge in [0.2, 0.25) is 0 Å². The highest BCUT2D eigenvalue weighted by Gasteiger charge is 2.18. The third-order valence-corrected chi connectivity index (χ3v) is 2.76. The van der Waals surface area contributed by atoms with Crippen molar-refractivity contribution in [2.75, 3.05) is 0 Å². The molecule has 0 aromatic rings. The van der Waals surface area contributed by atoms with Gasteiger partial charge in [0.15, 0.2) is 0 Å². The molecule has 0 aliphatic rings. The molecule has 0 bridgehead atoms. The summed E-state index contributed by atoms with van der Waals surface area (Å²) in [6, 6.07) is 0. The van der Waals surface area contributed by atoms with Gasteiger partial charge in [-0.05, 0) is 31.1 Å². The Labute approximate surface area is 78.1 Å². The molecule has 1 unspecified atom stereocenters. The van der Waals surface area contributed by atoms with Crippen LogP contribution in [0.15, 0.2) is 12.2 Å². The molecule has 0 rings (SSSR count). The molecule has 0 heterocycles. The highest BCUT2D eigenvalue weighted by Crippen LogP contribution is 2.30. The lowest BCUT2D eigenvalue weighted by Crippen LogP contribution is -2.14. The topological polar surface area (TPSA) is 0 Å². The van der Waals surface area contributed by atoms with Gasteiger partial charge < -0.3 is 0 Å². The minimum Gasteiger partial charge on any atom is -0.0914 e. The van der Waals surface area contributed by atoms with Crippen LogP contribution in [0.4, 0.5) is 0 Å². The molecule has 0 spiro atoms. The van der Waals surface area contributed by atoms with E-state index < -0.39 is 0 Å². The first kappa shape index (κ1) is 11.7. The quantitative estimate of drug-likeness (QED) is 0.533. The zero-order valence-corrected chi connectivity index (χ0v) is 9.35. The normalized spacial score (nSPS) is 15.4. The third-order valence-electron chi connectivity index (χ3n) is 2.76. The Bertz CT molecular complexity index is 131. The first-order chi connectivity index (χ1) is 5.55. The summed E-state index contributed by atoms with van der Waals surface area (Å²) in [5.41, 5.74) is 0.514. The molecular weight excluding hydrogens is 144 g/mol. The summed E-state index contributed by atoms with van der Waals surface area (Å²) in [6.45, 7) is 11.4. The number of hydrogen-bond donors (Lipinski definition) is 0. The van der Waals surface area contributed by atoms with Gasteiger partial charge >= 0.3 is 0 Å². The van der Waals surface area contributed by atoms with Gasteiger partial charge in [0.25, 0.3) is 0 Å². The Hall–Kier alpha value is -0.260. The molecule has 0 radical (unpaired) electrons. The van der Waals surface area contributed by atoms with Crippen LogP contribution in [-0.2, 0) is 0 Å². The van der Waals surface area contributed by atoms with Crippen LogP contribution in [0.2, 0.25) is 0 Å². The summed E-state index contributed by atoms with van der Waals surface area (Å²) >= 11 is 0. The van der Waals surface area contributed by atoms with Crippen LogP contribution in [0.3, 0.4) is 0 Å². The van der Waals surface area contributed by atoms with Crippen LogP contribution in [0.1, 0.15) is 53.9 Å². The third kappa shape index (κ3) is 4.58. The number of hydrogen-bond acceptors (Lipinski definition) is 0. The molecule has 0 saturated carbocycles. The van der Waals surface area contributed by atoms with Crippen molar-refractivity contribution in [2.24, 2.45) is 11.3 Å². The molecule has 0 heteroatoms. The molecular formula is C12H24. The molecule has 0 amide bonds. The lowest BCUT2D eigenvalue weighted by molar-refractivity contribution is 0.278. The molecule has 12 heavy (non-hydrogen) atoms. The van der Waals surface area contributed by atoms with E-state index in [2.05, 4.69) is 46.8 Å². The zero-order chi connectivity index (χ0) is 9.61. The second-order valence-electron chi connectivity index (χ2n) is 4.42. The minimum atomic E-state index is 0.514. The van der Waals surface area contributed by atoms with Gasteiger partial charge in [-0.1, -0.05) is 46.3 Å². The smallest absolute Gasteiger partial charge is 0.0231 e. The fourth-order valence-corrected chi connectivity index (χ4v) is 1.47. The van der Waals surface area contributed by atoms with Crippen LogP contribution < -0.4 is 0 Å². The van der Waals surface area contributed by atoms with E-state index in [1.54, 1.807) is 0 Å². The molecule has 0 N–H and O–H groups in total. The molecule has 0 saturated heterocycles. The molecule has 0 nitrogen and oxygen atoms in total. The Morgan fingerprint density at radius 2 is 1.83 bits per heavy atom. The summed E-state index contributed by atoms with van der Waals surface area (Å²) < 4.78 is 0. The van der Waals surface area contributed by atoms with Crippen molar-refractivity contribution in [3.63, 3.8) is 0 Å². The van der Waals surface area contributed by atoms with Gasteiger partial charge in [0, 0.05) is 0 Å². The minimum absolute atomic E-state index is 0.514. The van der Waals surface area contributed by atoms with Crippen LogP contribution in [-0.4, -0.2) is 0 Å². The monoisotopic (exact) mass is 168 g/mol. The van der Waals surface area contributed by atoms with Gasteiger partial charge in [-0.2, -0.15) is 0 Å². The summed E-state index contributed by atoms with van der Waals surface area (Å²) in [6.07, 6.45) is 8.40. The first-order valence-corrected chi connectivity index (χ1v) is 5.18. The van der Waals surface area contributed by atoms with Crippen LogP contribution in [0.5, 0.6) is 0 Å². The van der Waals surface area contributed by atoms with E-state index in [0.717, 1.165) is 5.92 Å². The molecule has 72 valence electrons. The highest BCUT2D eigenvalue weighted by molar-refractivity contribution is 4.87. The fraction of sp³-hybridized carbons (Fsp3) is 0.833. The molecule has 0 fully saturated rings. The van der Waals surface area contributed by atoms with Crippen molar-refractivity contribution in [2.45, 2.75) is 53.9 Å². The summed E-state index contributed by atoms with van der Waals surface area (Å²) in [5.74, 6) is 0.782. The maximum Gasteiger partial charge on any atom is -0.0231 e. The van der Waals surface area contributed by atoms with Gasteiger partial charge in [0.05, 0.1) is 0 Å². The van der Waals surface area contributed by atoms with E-state index in [1.165, 1.54) is 19.3 Å².